The summed E-state index contributed by atoms with van der Waals surface area (Å²) in [5.74, 6) is 0.740. The maximum absolute atomic E-state index is 9.10. The van der Waals surface area contributed by atoms with Gasteiger partial charge < -0.3 is 15.3 Å². The number of hydrogen-bond donors (Lipinski definition) is 2. The number of nitrogens with zero attached hydrogens (tertiary/aromatic N) is 1. The SMILES string of the molecule is CCCNCC1(CN2CCC(CCO)C2)CCCCC1. The molecule has 0 spiro atoms. The zero-order valence-corrected chi connectivity index (χ0v) is 13.4. The van der Waals surface area contributed by atoms with Gasteiger partial charge in [0.25, 0.3) is 0 Å². The number of nitrogens with one attached hydrogen (secondary N) is 1. The monoisotopic (exact) mass is 282 g/mol. The molecule has 2 aliphatic rings. The van der Waals surface area contributed by atoms with Gasteiger partial charge in [-0.05, 0) is 56.5 Å². The fraction of sp³-hybridized carbons (Fsp3) is 1.00. The Morgan fingerprint density at radius 3 is 2.75 bits per heavy atom. The average molecular weight is 282 g/mol. The standard InChI is InChI=1S/C17H34N2O/c1-2-10-18-14-17(8-4-3-5-9-17)15-19-11-6-16(13-19)7-12-20/h16,18,20H,2-15H2,1H3. The predicted octanol–water partition coefficient (Wildman–Crippen LogP) is 2.64. The summed E-state index contributed by atoms with van der Waals surface area (Å²) in [5.41, 5.74) is 0.529. The molecule has 2 fully saturated rings. The summed E-state index contributed by atoms with van der Waals surface area (Å²) in [6, 6.07) is 0. The van der Waals surface area contributed by atoms with Gasteiger partial charge in [-0.2, -0.15) is 0 Å². The molecule has 0 radical (unpaired) electrons. The van der Waals surface area contributed by atoms with Gasteiger partial charge in [0, 0.05) is 26.2 Å². The Balaban J connectivity index is 1.84. The average Bonchev–Trinajstić information content (AvgIpc) is 2.88. The van der Waals surface area contributed by atoms with Crippen molar-refractivity contribution in [1.29, 1.82) is 0 Å². The number of likely N-dealkylation sites (tertiary alicyclic amines) is 1. The smallest absolute Gasteiger partial charge is 0.0434 e. The Morgan fingerprint density at radius 2 is 2.05 bits per heavy atom. The van der Waals surface area contributed by atoms with E-state index in [-0.39, 0.29) is 0 Å². The van der Waals surface area contributed by atoms with Gasteiger partial charge in [0.15, 0.2) is 0 Å². The lowest BCUT2D eigenvalue weighted by Gasteiger charge is -2.40. The third kappa shape index (κ3) is 4.71. The topological polar surface area (TPSA) is 35.5 Å². The molecule has 118 valence electrons. The lowest BCUT2D eigenvalue weighted by atomic mass is 9.73. The highest BCUT2D eigenvalue weighted by Crippen LogP contribution is 2.37. The van der Waals surface area contributed by atoms with Gasteiger partial charge in [0.1, 0.15) is 0 Å². The van der Waals surface area contributed by atoms with Crippen LogP contribution in [0, 0.1) is 11.3 Å². The zero-order valence-electron chi connectivity index (χ0n) is 13.4. The zero-order chi connectivity index (χ0) is 14.3. The van der Waals surface area contributed by atoms with Crippen LogP contribution >= 0.6 is 0 Å². The van der Waals surface area contributed by atoms with E-state index >= 15 is 0 Å². The van der Waals surface area contributed by atoms with Crippen LogP contribution in [-0.2, 0) is 0 Å². The van der Waals surface area contributed by atoms with E-state index in [1.165, 1.54) is 71.1 Å². The number of hydrogen-bond acceptors (Lipinski definition) is 3. The molecule has 0 aromatic rings. The van der Waals surface area contributed by atoms with Crippen LogP contribution < -0.4 is 5.32 Å². The van der Waals surface area contributed by atoms with Gasteiger partial charge in [-0.1, -0.05) is 26.2 Å². The second-order valence-corrected chi connectivity index (χ2v) is 7.14. The van der Waals surface area contributed by atoms with Gasteiger partial charge in [-0.15, -0.1) is 0 Å². The minimum Gasteiger partial charge on any atom is -0.396 e. The molecule has 2 N–H and O–H groups in total. The maximum Gasteiger partial charge on any atom is 0.0434 e. The van der Waals surface area contributed by atoms with E-state index < -0.39 is 0 Å². The number of aliphatic hydroxyl groups excluding tert-OH is 1. The van der Waals surface area contributed by atoms with Gasteiger partial charge in [-0.3, -0.25) is 0 Å². The molecule has 0 aromatic heterocycles. The van der Waals surface area contributed by atoms with E-state index in [0.29, 0.717) is 12.0 Å². The van der Waals surface area contributed by atoms with Crippen LogP contribution in [0.15, 0.2) is 0 Å². The molecular formula is C17H34N2O. The molecule has 0 amide bonds. The summed E-state index contributed by atoms with van der Waals surface area (Å²) < 4.78 is 0. The summed E-state index contributed by atoms with van der Waals surface area (Å²) in [6.45, 7) is 8.74. The largest absolute Gasteiger partial charge is 0.396 e. The van der Waals surface area contributed by atoms with Gasteiger partial charge in [-0.25, -0.2) is 0 Å². The molecule has 3 nitrogen and oxygen atoms in total. The molecule has 1 aliphatic carbocycles. The first kappa shape index (κ1) is 16.3. The second-order valence-electron chi connectivity index (χ2n) is 7.14. The molecule has 20 heavy (non-hydrogen) atoms. The van der Waals surface area contributed by atoms with E-state index in [9.17, 15) is 0 Å². The molecule has 1 heterocycles. The Morgan fingerprint density at radius 1 is 1.25 bits per heavy atom. The van der Waals surface area contributed by atoms with Crippen molar-refractivity contribution < 1.29 is 5.11 Å². The third-order valence-electron chi connectivity index (χ3n) is 5.31. The minimum atomic E-state index is 0.363. The third-order valence-corrected chi connectivity index (χ3v) is 5.31. The first-order valence-corrected chi connectivity index (χ1v) is 8.82. The number of aliphatic hydroxyl groups is 1. The van der Waals surface area contributed by atoms with E-state index in [2.05, 4.69) is 17.1 Å². The van der Waals surface area contributed by atoms with Crippen molar-refractivity contribution in [2.24, 2.45) is 11.3 Å². The minimum absolute atomic E-state index is 0.363. The van der Waals surface area contributed by atoms with Crippen molar-refractivity contribution >= 4 is 0 Å². The van der Waals surface area contributed by atoms with Crippen molar-refractivity contribution in [1.82, 2.24) is 10.2 Å². The number of rotatable bonds is 8. The van der Waals surface area contributed by atoms with Crippen molar-refractivity contribution in [3.05, 3.63) is 0 Å². The highest BCUT2D eigenvalue weighted by Gasteiger charge is 2.35. The van der Waals surface area contributed by atoms with E-state index in [1.807, 2.05) is 0 Å². The molecular weight excluding hydrogens is 248 g/mol. The second kappa shape index (κ2) is 8.35. The van der Waals surface area contributed by atoms with Gasteiger partial charge in [0.05, 0.1) is 0 Å². The molecule has 1 aliphatic heterocycles. The first-order chi connectivity index (χ1) is 9.78. The van der Waals surface area contributed by atoms with Crippen molar-refractivity contribution in [2.75, 3.05) is 39.3 Å². The van der Waals surface area contributed by atoms with E-state index in [4.69, 9.17) is 5.11 Å². The quantitative estimate of drug-likeness (QED) is 0.672. The van der Waals surface area contributed by atoms with Crippen molar-refractivity contribution in [3.63, 3.8) is 0 Å². The molecule has 1 unspecified atom stereocenters. The maximum atomic E-state index is 9.10. The van der Waals surface area contributed by atoms with Crippen LogP contribution in [0.3, 0.4) is 0 Å². The first-order valence-electron chi connectivity index (χ1n) is 8.82. The summed E-state index contributed by atoms with van der Waals surface area (Å²) >= 11 is 0. The fourth-order valence-corrected chi connectivity index (χ4v) is 4.17. The van der Waals surface area contributed by atoms with Gasteiger partial charge >= 0.3 is 0 Å². The van der Waals surface area contributed by atoms with Crippen LogP contribution in [-0.4, -0.2) is 49.3 Å². The van der Waals surface area contributed by atoms with Crippen LogP contribution in [0.25, 0.3) is 0 Å². The molecule has 3 heteroatoms. The Hall–Kier alpha value is -0.120. The molecule has 1 saturated heterocycles. The Kier molecular flexibility index (Phi) is 6.79. The highest BCUT2D eigenvalue weighted by molar-refractivity contribution is 4.90. The normalized spacial score (nSPS) is 27.0. The Bertz CT molecular complexity index is 264. The molecule has 0 bridgehead atoms. The molecule has 2 rings (SSSR count). The molecule has 0 aromatic carbocycles. The summed E-state index contributed by atoms with van der Waals surface area (Å²) in [5, 5.41) is 12.8. The van der Waals surface area contributed by atoms with E-state index in [0.717, 1.165) is 18.9 Å². The van der Waals surface area contributed by atoms with Crippen molar-refractivity contribution in [3.8, 4) is 0 Å². The predicted molar refractivity (Wildman–Crippen MR) is 84.9 cm³/mol. The Labute approximate surface area is 125 Å². The lowest BCUT2D eigenvalue weighted by Crippen LogP contribution is -2.45. The van der Waals surface area contributed by atoms with E-state index in [1.54, 1.807) is 0 Å². The van der Waals surface area contributed by atoms with Crippen molar-refractivity contribution in [2.45, 2.75) is 58.3 Å². The van der Waals surface area contributed by atoms with Crippen LogP contribution in [0.2, 0.25) is 0 Å². The summed E-state index contributed by atoms with van der Waals surface area (Å²) in [4.78, 5) is 2.68. The van der Waals surface area contributed by atoms with Crippen LogP contribution in [0.5, 0.6) is 0 Å². The lowest BCUT2D eigenvalue weighted by molar-refractivity contribution is 0.113. The molecule has 1 saturated carbocycles. The van der Waals surface area contributed by atoms with Crippen LogP contribution in [0.4, 0.5) is 0 Å². The summed E-state index contributed by atoms with van der Waals surface area (Å²) in [7, 11) is 0. The van der Waals surface area contributed by atoms with Gasteiger partial charge in [0.2, 0.25) is 0 Å². The van der Waals surface area contributed by atoms with Crippen LogP contribution in [0.1, 0.15) is 58.3 Å². The molecule has 1 atom stereocenters. The highest BCUT2D eigenvalue weighted by atomic mass is 16.3. The fourth-order valence-electron chi connectivity index (χ4n) is 4.17. The summed E-state index contributed by atoms with van der Waals surface area (Å²) in [6.07, 6.45) is 10.6.